The molecule has 0 saturated carbocycles. The van der Waals surface area contributed by atoms with E-state index < -0.39 is 0 Å². The molecule has 2 rings (SSSR count). The van der Waals surface area contributed by atoms with E-state index in [0.717, 1.165) is 37.9 Å². The molecule has 1 aromatic rings. The van der Waals surface area contributed by atoms with Gasteiger partial charge in [0.25, 0.3) is 0 Å². The summed E-state index contributed by atoms with van der Waals surface area (Å²) in [6, 6.07) is 4.05. The largest absolute Gasteiger partial charge is 0.378 e. The highest BCUT2D eigenvalue weighted by atomic mass is 16.5. The van der Waals surface area contributed by atoms with Crippen LogP contribution in [0.25, 0.3) is 0 Å². The van der Waals surface area contributed by atoms with Gasteiger partial charge in [0.2, 0.25) is 0 Å². The average Bonchev–Trinajstić information content (AvgIpc) is 2.57. The number of pyridine rings is 1. The Morgan fingerprint density at radius 3 is 2.91 bits per heavy atom. The number of ether oxygens (including phenoxy) is 1. The van der Waals surface area contributed by atoms with Crippen molar-refractivity contribution in [1.29, 1.82) is 0 Å². The summed E-state index contributed by atoms with van der Waals surface area (Å²) < 4.78 is 5.92. The summed E-state index contributed by atoms with van der Waals surface area (Å²) in [5.41, 5.74) is 1.03. The van der Waals surface area contributed by atoms with Crippen molar-refractivity contribution < 1.29 is 9.53 Å². The second-order valence-electron chi connectivity index (χ2n) is 6.37. The maximum absolute atomic E-state index is 12.4. The Morgan fingerprint density at radius 2 is 2.26 bits per heavy atom. The number of amides is 2. The van der Waals surface area contributed by atoms with Crippen molar-refractivity contribution in [3.05, 3.63) is 30.1 Å². The van der Waals surface area contributed by atoms with Crippen LogP contribution in [0.1, 0.15) is 45.1 Å². The molecule has 0 spiro atoms. The predicted molar refractivity (Wildman–Crippen MR) is 91.1 cm³/mol. The molecule has 23 heavy (non-hydrogen) atoms. The van der Waals surface area contributed by atoms with Crippen LogP contribution < -0.4 is 5.32 Å². The number of carbonyl (C=O) groups excluding carboxylic acids is 1. The van der Waals surface area contributed by atoms with E-state index in [1.165, 1.54) is 0 Å². The lowest BCUT2D eigenvalue weighted by Crippen LogP contribution is -2.47. The Labute approximate surface area is 139 Å². The molecule has 2 heterocycles. The second-order valence-corrected chi connectivity index (χ2v) is 6.37. The van der Waals surface area contributed by atoms with Gasteiger partial charge in [-0.15, -0.1) is 0 Å². The van der Waals surface area contributed by atoms with Crippen LogP contribution in [0.15, 0.2) is 24.5 Å². The van der Waals surface area contributed by atoms with Crippen molar-refractivity contribution in [2.24, 2.45) is 5.92 Å². The summed E-state index contributed by atoms with van der Waals surface area (Å²) in [5.74, 6) is 0.586. The lowest BCUT2D eigenvalue weighted by Gasteiger charge is -2.35. The zero-order valence-corrected chi connectivity index (χ0v) is 14.5. The minimum atomic E-state index is -0.0240. The standard InChI is InChI=1S/C18H29N3O2/c1-4-15(5-2)17-11-16(8-10-23-17)20-18(22)21(3)13-14-7-6-9-19-12-14/h6-7,9,12,15-17H,4-5,8,10-11,13H2,1-3H3,(H,20,22)/t16-,17-/m1/s1. The lowest BCUT2D eigenvalue weighted by atomic mass is 9.89. The third kappa shape index (κ3) is 5.20. The van der Waals surface area contributed by atoms with Crippen molar-refractivity contribution >= 4 is 6.03 Å². The Kier molecular flexibility index (Phi) is 6.84. The fourth-order valence-corrected chi connectivity index (χ4v) is 3.22. The lowest BCUT2D eigenvalue weighted by molar-refractivity contribution is -0.0335. The van der Waals surface area contributed by atoms with E-state index >= 15 is 0 Å². The van der Waals surface area contributed by atoms with Crippen molar-refractivity contribution in [3.63, 3.8) is 0 Å². The first-order chi connectivity index (χ1) is 11.1. The van der Waals surface area contributed by atoms with Crippen LogP contribution in [0.4, 0.5) is 4.79 Å². The minimum absolute atomic E-state index is 0.0240. The first kappa shape index (κ1) is 17.7. The molecule has 2 amide bonds. The third-order valence-electron chi connectivity index (χ3n) is 4.71. The van der Waals surface area contributed by atoms with E-state index in [2.05, 4.69) is 24.1 Å². The molecule has 1 aliphatic heterocycles. The molecule has 0 radical (unpaired) electrons. The Balaban J connectivity index is 1.84. The highest BCUT2D eigenvalue weighted by molar-refractivity contribution is 5.74. The zero-order chi connectivity index (χ0) is 16.7. The number of hydrogen-bond acceptors (Lipinski definition) is 3. The van der Waals surface area contributed by atoms with Crippen molar-refractivity contribution in [2.75, 3.05) is 13.7 Å². The van der Waals surface area contributed by atoms with Gasteiger partial charge in [0.1, 0.15) is 0 Å². The minimum Gasteiger partial charge on any atom is -0.378 e. The number of carbonyl (C=O) groups is 1. The quantitative estimate of drug-likeness (QED) is 0.876. The molecule has 0 aromatic carbocycles. The fraction of sp³-hybridized carbons (Fsp3) is 0.667. The molecule has 128 valence electrons. The van der Waals surface area contributed by atoms with Gasteiger partial charge in [0.05, 0.1) is 6.10 Å². The van der Waals surface area contributed by atoms with E-state index in [1.54, 1.807) is 17.3 Å². The highest BCUT2D eigenvalue weighted by Crippen LogP contribution is 2.25. The van der Waals surface area contributed by atoms with E-state index in [-0.39, 0.29) is 18.2 Å². The maximum atomic E-state index is 12.4. The normalized spacial score (nSPS) is 21.2. The molecule has 1 fully saturated rings. The molecule has 1 N–H and O–H groups in total. The van der Waals surface area contributed by atoms with Crippen LogP contribution in [0.3, 0.4) is 0 Å². The third-order valence-corrected chi connectivity index (χ3v) is 4.71. The summed E-state index contributed by atoms with van der Waals surface area (Å²) >= 11 is 0. The van der Waals surface area contributed by atoms with Gasteiger partial charge < -0.3 is 15.0 Å². The monoisotopic (exact) mass is 319 g/mol. The first-order valence-electron chi connectivity index (χ1n) is 8.66. The highest BCUT2D eigenvalue weighted by Gasteiger charge is 2.28. The Morgan fingerprint density at radius 1 is 1.48 bits per heavy atom. The SMILES string of the molecule is CCC(CC)[C@H]1C[C@H](NC(=O)N(C)Cc2cccnc2)CCO1. The smallest absolute Gasteiger partial charge is 0.317 e. The van der Waals surface area contributed by atoms with Crippen LogP contribution >= 0.6 is 0 Å². The fourth-order valence-electron chi connectivity index (χ4n) is 3.22. The molecule has 0 aliphatic carbocycles. The molecule has 0 unspecified atom stereocenters. The molecule has 5 heteroatoms. The summed E-state index contributed by atoms with van der Waals surface area (Å²) in [5, 5.41) is 3.16. The van der Waals surface area contributed by atoms with Gasteiger partial charge in [-0.1, -0.05) is 32.8 Å². The number of nitrogens with one attached hydrogen (secondary N) is 1. The molecule has 5 nitrogen and oxygen atoms in total. The summed E-state index contributed by atoms with van der Waals surface area (Å²) in [7, 11) is 1.82. The summed E-state index contributed by atoms with van der Waals surface area (Å²) in [6.45, 7) is 5.72. The molecule has 0 bridgehead atoms. The molecule has 1 aliphatic rings. The van der Waals surface area contributed by atoms with Gasteiger partial charge in [-0.05, 0) is 30.4 Å². The topological polar surface area (TPSA) is 54.5 Å². The molecule has 2 atom stereocenters. The number of aromatic nitrogens is 1. The number of nitrogens with zero attached hydrogens (tertiary/aromatic N) is 2. The van der Waals surface area contributed by atoms with Crippen LogP contribution in [0.2, 0.25) is 0 Å². The van der Waals surface area contributed by atoms with Crippen LogP contribution in [0.5, 0.6) is 0 Å². The Bertz CT molecular complexity index is 476. The number of urea groups is 1. The molecular formula is C18H29N3O2. The van der Waals surface area contributed by atoms with E-state index in [0.29, 0.717) is 12.5 Å². The maximum Gasteiger partial charge on any atom is 0.317 e. The van der Waals surface area contributed by atoms with E-state index in [9.17, 15) is 4.79 Å². The van der Waals surface area contributed by atoms with Gasteiger partial charge in [0, 0.05) is 38.6 Å². The zero-order valence-electron chi connectivity index (χ0n) is 14.5. The number of rotatable bonds is 6. The van der Waals surface area contributed by atoms with Gasteiger partial charge in [0.15, 0.2) is 0 Å². The van der Waals surface area contributed by atoms with Gasteiger partial charge in [-0.25, -0.2) is 4.79 Å². The predicted octanol–water partition coefficient (Wildman–Crippen LogP) is 3.21. The molecule has 1 saturated heterocycles. The van der Waals surface area contributed by atoms with E-state index in [1.807, 2.05) is 19.2 Å². The van der Waals surface area contributed by atoms with Crippen LogP contribution in [-0.2, 0) is 11.3 Å². The van der Waals surface area contributed by atoms with Gasteiger partial charge >= 0.3 is 6.03 Å². The number of hydrogen-bond donors (Lipinski definition) is 1. The average molecular weight is 319 g/mol. The molecular weight excluding hydrogens is 290 g/mol. The van der Waals surface area contributed by atoms with Crippen molar-refractivity contribution in [2.45, 2.75) is 58.2 Å². The van der Waals surface area contributed by atoms with Crippen molar-refractivity contribution in [1.82, 2.24) is 15.2 Å². The van der Waals surface area contributed by atoms with Crippen molar-refractivity contribution in [3.8, 4) is 0 Å². The van der Waals surface area contributed by atoms with Crippen LogP contribution in [0, 0.1) is 5.92 Å². The summed E-state index contributed by atoms with van der Waals surface area (Å²) in [6.07, 6.45) is 7.87. The Hall–Kier alpha value is -1.62. The van der Waals surface area contributed by atoms with Crippen LogP contribution in [-0.4, -0.2) is 41.7 Å². The molecule has 1 aromatic heterocycles. The summed E-state index contributed by atoms with van der Waals surface area (Å²) in [4.78, 5) is 18.2. The first-order valence-corrected chi connectivity index (χ1v) is 8.66. The van der Waals surface area contributed by atoms with E-state index in [4.69, 9.17) is 4.74 Å². The second kappa shape index (κ2) is 8.87. The van der Waals surface area contributed by atoms with Gasteiger partial charge in [-0.3, -0.25) is 4.98 Å². The van der Waals surface area contributed by atoms with Gasteiger partial charge in [-0.2, -0.15) is 0 Å².